The average Bonchev–Trinajstić information content (AvgIpc) is 2.94. The molecule has 0 unspecified atom stereocenters. The first-order valence-corrected chi connectivity index (χ1v) is 8.29. The van der Waals surface area contributed by atoms with Crippen LogP contribution in [0, 0.1) is 0 Å². The van der Waals surface area contributed by atoms with E-state index in [1.807, 2.05) is 13.0 Å². The maximum atomic E-state index is 13.4. The van der Waals surface area contributed by atoms with Gasteiger partial charge in [0.05, 0.1) is 11.0 Å². The van der Waals surface area contributed by atoms with Crippen molar-refractivity contribution in [3.63, 3.8) is 0 Å². The highest BCUT2D eigenvalue weighted by Crippen LogP contribution is 2.33. The fraction of sp³-hybridized carbons (Fsp3) is 0.263. The molecule has 0 bridgehead atoms. The molecule has 7 heteroatoms. The van der Waals surface area contributed by atoms with Crippen LogP contribution in [0.2, 0.25) is 0 Å². The lowest BCUT2D eigenvalue weighted by atomic mass is 10.2. The normalized spacial score (nSPS) is 11.7. The molecule has 0 fully saturated rings. The molecule has 1 aromatic heterocycles. The van der Waals surface area contributed by atoms with Gasteiger partial charge in [-0.3, -0.25) is 4.79 Å². The maximum absolute atomic E-state index is 13.4. The second-order valence-electron chi connectivity index (χ2n) is 6.01. The third kappa shape index (κ3) is 3.87. The zero-order chi connectivity index (χ0) is 18.7. The van der Waals surface area contributed by atoms with Gasteiger partial charge in [-0.25, -0.2) is 4.98 Å². The van der Waals surface area contributed by atoms with Crippen LogP contribution >= 0.6 is 0 Å². The van der Waals surface area contributed by atoms with E-state index in [1.54, 1.807) is 36.4 Å². The summed E-state index contributed by atoms with van der Waals surface area (Å²) in [6, 6.07) is 13.5. The number of carbonyl (C=O) groups is 1. The lowest BCUT2D eigenvalue weighted by Crippen LogP contribution is -2.15. The first-order valence-electron chi connectivity index (χ1n) is 8.29. The second kappa shape index (κ2) is 7.19. The third-order valence-corrected chi connectivity index (χ3v) is 3.95. The number of fused-ring (bicyclic) bond motifs is 1. The molecule has 1 amide bonds. The van der Waals surface area contributed by atoms with Crippen LogP contribution in [0.25, 0.3) is 11.0 Å². The van der Waals surface area contributed by atoms with Crippen LogP contribution in [-0.2, 0) is 17.5 Å². The Morgan fingerprint density at radius 2 is 1.88 bits per heavy atom. The zero-order valence-electron chi connectivity index (χ0n) is 14.2. The van der Waals surface area contributed by atoms with E-state index in [2.05, 4.69) is 10.3 Å². The minimum absolute atomic E-state index is 0.0632. The summed E-state index contributed by atoms with van der Waals surface area (Å²) in [5.41, 5.74) is 1.75. The fourth-order valence-electron chi connectivity index (χ4n) is 2.80. The van der Waals surface area contributed by atoms with Crippen molar-refractivity contribution in [2.75, 3.05) is 5.32 Å². The first-order chi connectivity index (χ1) is 12.4. The number of aromatic nitrogens is 2. The van der Waals surface area contributed by atoms with Crippen molar-refractivity contribution in [3.8, 4) is 0 Å². The van der Waals surface area contributed by atoms with Gasteiger partial charge < -0.3 is 9.88 Å². The Hall–Kier alpha value is -2.83. The molecular weight excluding hydrogens is 343 g/mol. The number of benzene rings is 2. The molecular formula is C19H18F3N3O. The number of imidazole rings is 1. The molecule has 0 aliphatic rings. The summed E-state index contributed by atoms with van der Waals surface area (Å²) < 4.78 is 41.5. The van der Waals surface area contributed by atoms with Gasteiger partial charge in [0.15, 0.2) is 0 Å². The summed E-state index contributed by atoms with van der Waals surface area (Å²) in [5.74, 6) is -1.12. The molecule has 4 nitrogen and oxygen atoms in total. The predicted octanol–water partition coefficient (Wildman–Crippen LogP) is 4.84. The Kier molecular flexibility index (Phi) is 4.97. The largest absolute Gasteiger partial charge is 0.449 e. The molecule has 1 heterocycles. The van der Waals surface area contributed by atoms with Gasteiger partial charge in [0.1, 0.15) is 0 Å². The molecule has 0 radical (unpaired) electrons. The number of nitrogens with one attached hydrogen (secondary N) is 1. The molecule has 3 aromatic rings. The summed E-state index contributed by atoms with van der Waals surface area (Å²) in [7, 11) is 0. The van der Waals surface area contributed by atoms with Gasteiger partial charge >= 0.3 is 6.18 Å². The SMILES string of the molecule is CCCC(=O)Nc1ccc2c(c1)nc(C(F)(F)F)n2Cc1ccccc1. The molecule has 26 heavy (non-hydrogen) atoms. The number of hydrogen-bond acceptors (Lipinski definition) is 2. The van der Waals surface area contributed by atoms with Crippen LogP contribution in [0.3, 0.4) is 0 Å². The summed E-state index contributed by atoms with van der Waals surface area (Å²) >= 11 is 0. The average molecular weight is 361 g/mol. The molecule has 0 aliphatic carbocycles. The van der Waals surface area contributed by atoms with Gasteiger partial charge in [0, 0.05) is 18.7 Å². The summed E-state index contributed by atoms with van der Waals surface area (Å²) in [6.07, 6.45) is -3.52. The second-order valence-corrected chi connectivity index (χ2v) is 6.01. The van der Waals surface area contributed by atoms with Crippen molar-refractivity contribution >= 4 is 22.6 Å². The number of rotatable bonds is 5. The lowest BCUT2D eigenvalue weighted by molar-refractivity contribution is -0.146. The molecule has 1 N–H and O–H groups in total. The smallest absolute Gasteiger partial charge is 0.326 e. The van der Waals surface area contributed by atoms with Crippen LogP contribution in [0.1, 0.15) is 31.2 Å². The van der Waals surface area contributed by atoms with E-state index in [0.717, 1.165) is 10.1 Å². The quantitative estimate of drug-likeness (QED) is 0.707. The van der Waals surface area contributed by atoms with E-state index in [0.29, 0.717) is 24.0 Å². The summed E-state index contributed by atoms with van der Waals surface area (Å²) in [5, 5.41) is 2.68. The van der Waals surface area contributed by atoms with E-state index < -0.39 is 12.0 Å². The van der Waals surface area contributed by atoms with Crippen molar-refractivity contribution in [1.82, 2.24) is 9.55 Å². The molecule has 0 saturated heterocycles. The Morgan fingerprint density at radius 1 is 1.15 bits per heavy atom. The third-order valence-electron chi connectivity index (χ3n) is 3.95. The van der Waals surface area contributed by atoms with Gasteiger partial charge in [-0.05, 0) is 30.2 Å². The van der Waals surface area contributed by atoms with E-state index in [-0.39, 0.29) is 18.0 Å². The Bertz CT molecular complexity index is 917. The first kappa shape index (κ1) is 18.0. The highest BCUT2D eigenvalue weighted by molar-refractivity contribution is 5.93. The fourth-order valence-corrected chi connectivity index (χ4v) is 2.80. The highest BCUT2D eigenvalue weighted by Gasteiger charge is 2.37. The van der Waals surface area contributed by atoms with Crippen molar-refractivity contribution in [2.45, 2.75) is 32.5 Å². The Morgan fingerprint density at radius 3 is 2.54 bits per heavy atom. The number of halogens is 3. The maximum Gasteiger partial charge on any atom is 0.449 e. The van der Waals surface area contributed by atoms with E-state index in [4.69, 9.17) is 0 Å². The Balaban J connectivity index is 2.02. The van der Waals surface area contributed by atoms with Crippen molar-refractivity contribution in [3.05, 3.63) is 59.9 Å². The van der Waals surface area contributed by atoms with E-state index in [9.17, 15) is 18.0 Å². The predicted molar refractivity (Wildman–Crippen MR) is 93.8 cm³/mol. The number of nitrogens with zero attached hydrogens (tertiary/aromatic N) is 2. The van der Waals surface area contributed by atoms with Crippen LogP contribution in [0.15, 0.2) is 48.5 Å². The van der Waals surface area contributed by atoms with Gasteiger partial charge in [-0.2, -0.15) is 13.2 Å². The number of hydrogen-bond donors (Lipinski definition) is 1. The van der Waals surface area contributed by atoms with Crippen molar-refractivity contribution in [1.29, 1.82) is 0 Å². The van der Waals surface area contributed by atoms with Crippen LogP contribution < -0.4 is 5.32 Å². The topological polar surface area (TPSA) is 46.9 Å². The number of anilines is 1. The standard InChI is InChI=1S/C19H18F3N3O/c1-2-6-17(26)23-14-9-10-16-15(11-14)24-18(19(20,21)22)25(16)12-13-7-4-3-5-8-13/h3-5,7-11H,2,6,12H2,1H3,(H,23,26). The van der Waals surface area contributed by atoms with Crippen molar-refractivity contribution in [2.24, 2.45) is 0 Å². The molecule has 3 rings (SSSR count). The zero-order valence-corrected chi connectivity index (χ0v) is 14.2. The highest BCUT2D eigenvalue weighted by atomic mass is 19.4. The Labute approximate surface area is 148 Å². The molecule has 2 aromatic carbocycles. The van der Waals surface area contributed by atoms with Gasteiger partial charge in [0.25, 0.3) is 0 Å². The van der Waals surface area contributed by atoms with E-state index >= 15 is 0 Å². The molecule has 0 atom stereocenters. The summed E-state index contributed by atoms with van der Waals surface area (Å²) in [6.45, 7) is 1.94. The van der Waals surface area contributed by atoms with Gasteiger partial charge in [-0.1, -0.05) is 37.3 Å². The molecule has 136 valence electrons. The number of carbonyl (C=O) groups excluding carboxylic acids is 1. The minimum atomic E-state index is -4.57. The van der Waals surface area contributed by atoms with E-state index in [1.165, 1.54) is 6.07 Å². The van der Waals surface area contributed by atoms with Gasteiger partial charge in [-0.15, -0.1) is 0 Å². The molecule has 0 spiro atoms. The van der Waals surface area contributed by atoms with Crippen LogP contribution in [0.4, 0.5) is 18.9 Å². The lowest BCUT2D eigenvalue weighted by Gasteiger charge is -2.11. The minimum Gasteiger partial charge on any atom is -0.326 e. The molecule has 0 aliphatic heterocycles. The molecule has 0 saturated carbocycles. The van der Waals surface area contributed by atoms with Crippen molar-refractivity contribution < 1.29 is 18.0 Å². The number of alkyl halides is 3. The van der Waals surface area contributed by atoms with Crippen LogP contribution in [0.5, 0.6) is 0 Å². The summed E-state index contributed by atoms with van der Waals surface area (Å²) in [4.78, 5) is 15.5. The van der Waals surface area contributed by atoms with Crippen LogP contribution in [-0.4, -0.2) is 15.5 Å². The number of amides is 1. The van der Waals surface area contributed by atoms with Gasteiger partial charge in [0.2, 0.25) is 11.7 Å². The monoisotopic (exact) mass is 361 g/mol.